The van der Waals surface area contributed by atoms with Crippen molar-refractivity contribution in [2.24, 2.45) is 0 Å². The molecular weight excluding hydrogens is 260 g/mol. The van der Waals surface area contributed by atoms with Gasteiger partial charge in [0.25, 0.3) is 11.1 Å². The minimum Gasteiger partial charge on any atom is -0.326 e. The third-order valence-electron chi connectivity index (χ3n) is 2.77. The Morgan fingerprint density at radius 1 is 0.800 bits per heavy atom. The lowest BCUT2D eigenvalue weighted by molar-refractivity contribution is 1.19. The van der Waals surface area contributed by atoms with Crippen LogP contribution in [-0.2, 0) is 0 Å². The second kappa shape index (κ2) is 4.00. The zero-order valence-corrected chi connectivity index (χ0v) is 9.76. The van der Waals surface area contributed by atoms with Gasteiger partial charge < -0.3 is 9.97 Å². The van der Waals surface area contributed by atoms with E-state index >= 15 is 0 Å². The van der Waals surface area contributed by atoms with E-state index in [-0.39, 0.29) is 33.2 Å². The minimum absolute atomic E-state index is 0.0318. The Morgan fingerprint density at radius 2 is 1.20 bits per heavy atom. The quantitative estimate of drug-likeness (QED) is 0.543. The fraction of sp³-hybridized carbons (Fsp3) is 0. The molecule has 0 amide bonds. The monoisotopic (exact) mass is 264 g/mol. The van der Waals surface area contributed by atoms with Crippen molar-refractivity contribution < 1.29 is 0 Å². The molecule has 8 nitrogen and oxygen atoms in total. The Kier molecular flexibility index (Phi) is 2.31. The normalized spacial score (nSPS) is 10.3. The zero-order chi connectivity index (χ0) is 14.3. The Balaban J connectivity index is 2.68. The van der Waals surface area contributed by atoms with Crippen LogP contribution in [0.15, 0.2) is 22.0 Å². The van der Waals surface area contributed by atoms with Gasteiger partial charge >= 0.3 is 0 Å². The second-order valence-electron chi connectivity index (χ2n) is 3.90. The second-order valence-corrected chi connectivity index (χ2v) is 3.90. The largest absolute Gasteiger partial charge is 0.326 e. The Bertz CT molecular complexity index is 976. The lowest BCUT2D eigenvalue weighted by atomic mass is 10.2. The van der Waals surface area contributed by atoms with Crippen LogP contribution >= 0.6 is 0 Å². The van der Waals surface area contributed by atoms with Crippen molar-refractivity contribution in [2.75, 3.05) is 0 Å². The molecule has 94 valence electrons. The first-order chi connectivity index (χ1) is 9.65. The predicted octanol–water partition coefficient (Wildman–Crippen LogP) is -0.0970. The molecule has 0 aliphatic carbocycles. The lowest BCUT2D eigenvalue weighted by Gasteiger charge is -2.02. The summed E-state index contributed by atoms with van der Waals surface area (Å²) >= 11 is 0. The Morgan fingerprint density at radius 3 is 1.55 bits per heavy atom. The maximum Gasteiger partial charge on any atom is 0.276 e. The summed E-state index contributed by atoms with van der Waals surface area (Å²) in [5.74, 6) is 0. The first-order valence-corrected chi connectivity index (χ1v) is 5.40. The summed E-state index contributed by atoms with van der Waals surface area (Å²) in [7, 11) is 0. The molecule has 0 saturated heterocycles. The highest BCUT2D eigenvalue weighted by atomic mass is 16.1. The molecule has 8 heteroatoms. The molecule has 3 heterocycles. The number of H-pyrrole nitrogens is 2. The fourth-order valence-electron chi connectivity index (χ4n) is 1.85. The van der Waals surface area contributed by atoms with Gasteiger partial charge in [-0.2, -0.15) is 10.5 Å². The van der Waals surface area contributed by atoms with Crippen molar-refractivity contribution in [1.29, 1.82) is 10.5 Å². The molecule has 3 aromatic heterocycles. The highest BCUT2D eigenvalue weighted by molar-refractivity contribution is 5.90. The molecular formula is C12H4N6O2. The van der Waals surface area contributed by atoms with Crippen molar-refractivity contribution in [1.82, 2.24) is 19.9 Å². The zero-order valence-electron chi connectivity index (χ0n) is 9.76. The van der Waals surface area contributed by atoms with Gasteiger partial charge in [0.05, 0.1) is 11.1 Å². The number of aromatic nitrogens is 4. The number of nitrogens with zero attached hydrogens (tertiary/aromatic N) is 4. The van der Waals surface area contributed by atoms with Gasteiger partial charge in [0.15, 0.2) is 11.0 Å². The summed E-state index contributed by atoms with van der Waals surface area (Å²) in [6.07, 6.45) is 2.40. The number of hydrogen-bond acceptors (Lipinski definition) is 6. The van der Waals surface area contributed by atoms with Crippen LogP contribution in [0.2, 0.25) is 0 Å². The molecule has 0 radical (unpaired) electrons. The van der Waals surface area contributed by atoms with Crippen molar-refractivity contribution in [3.8, 4) is 12.1 Å². The molecule has 2 N–H and O–H groups in total. The van der Waals surface area contributed by atoms with Gasteiger partial charge in [-0.15, -0.1) is 0 Å². The van der Waals surface area contributed by atoms with Crippen LogP contribution in [0.25, 0.3) is 22.1 Å². The number of nitrogens with one attached hydrogen (secondary N) is 2. The number of rotatable bonds is 0. The van der Waals surface area contributed by atoms with Gasteiger partial charge in [0, 0.05) is 12.4 Å². The molecule has 0 aromatic carbocycles. The standard InChI is InChI=1S/C12H4N6O2/c13-1-5-3-15-11(19)9-7(5)17-10-8(18-9)6(2-14)4-16-12(10)20/h3-4H,(H,15,19)(H,16,20). The fourth-order valence-corrected chi connectivity index (χ4v) is 1.85. The van der Waals surface area contributed by atoms with Gasteiger partial charge in [0.2, 0.25) is 0 Å². The summed E-state index contributed by atoms with van der Waals surface area (Å²) in [6, 6.07) is 3.72. The molecule has 20 heavy (non-hydrogen) atoms. The summed E-state index contributed by atoms with van der Waals surface area (Å²) in [5, 5.41) is 18.0. The maximum atomic E-state index is 11.7. The van der Waals surface area contributed by atoms with Gasteiger partial charge in [-0.05, 0) is 0 Å². The molecule has 0 atom stereocenters. The van der Waals surface area contributed by atoms with E-state index in [9.17, 15) is 9.59 Å². The van der Waals surface area contributed by atoms with E-state index in [1.54, 1.807) is 0 Å². The average Bonchev–Trinajstić information content (AvgIpc) is 2.47. The van der Waals surface area contributed by atoms with E-state index in [4.69, 9.17) is 10.5 Å². The highest BCUT2D eigenvalue weighted by Crippen LogP contribution is 2.15. The van der Waals surface area contributed by atoms with E-state index in [2.05, 4.69) is 19.9 Å². The smallest absolute Gasteiger partial charge is 0.276 e. The lowest BCUT2D eigenvalue weighted by Crippen LogP contribution is -2.14. The first kappa shape index (κ1) is 11.6. The molecule has 0 bridgehead atoms. The molecule has 0 aliphatic heterocycles. The van der Waals surface area contributed by atoms with Gasteiger partial charge in [-0.25, -0.2) is 9.97 Å². The molecule has 0 saturated carbocycles. The predicted molar refractivity (Wildman–Crippen MR) is 67.7 cm³/mol. The number of aromatic amines is 2. The Hall–Kier alpha value is -3.52. The van der Waals surface area contributed by atoms with Crippen LogP contribution in [0.3, 0.4) is 0 Å². The topological polar surface area (TPSA) is 139 Å². The van der Waals surface area contributed by atoms with Crippen LogP contribution in [-0.4, -0.2) is 19.9 Å². The van der Waals surface area contributed by atoms with Crippen LogP contribution in [0.5, 0.6) is 0 Å². The molecule has 0 aliphatic rings. The molecule has 3 rings (SSSR count). The number of fused-ring (bicyclic) bond motifs is 2. The van der Waals surface area contributed by atoms with Crippen LogP contribution in [0, 0.1) is 22.7 Å². The molecule has 0 spiro atoms. The van der Waals surface area contributed by atoms with E-state index in [0.717, 1.165) is 0 Å². The summed E-state index contributed by atoms with van der Waals surface area (Å²) < 4.78 is 0. The Labute approximate surface area is 110 Å². The summed E-state index contributed by atoms with van der Waals surface area (Å²) in [6.45, 7) is 0. The number of pyridine rings is 2. The van der Waals surface area contributed by atoms with Crippen molar-refractivity contribution in [2.45, 2.75) is 0 Å². The van der Waals surface area contributed by atoms with Crippen molar-refractivity contribution in [3.05, 3.63) is 44.2 Å². The SMILES string of the molecule is N#Cc1c[nH]c(=O)c2nc3c(C#N)c[nH]c(=O)c3nc12. The molecule has 3 aromatic rings. The minimum atomic E-state index is -0.544. The molecule has 0 unspecified atom stereocenters. The van der Waals surface area contributed by atoms with Gasteiger partial charge in [-0.3, -0.25) is 9.59 Å². The molecule has 0 fully saturated rings. The van der Waals surface area contributed by atoms with Gasteiger partial charge in [0.1, 0.15) is 23.2 Å². The van der Waals surface area contributed by atoms with Crippen molar-refractivity contribution in [3.63, 3.8) is 0 Å². The third kappa shape index (κ3) is 1.46. The number of nitriles is 2. The van der Waals surface area contributed by atoms with E-state index in [1.807, 2.05) is 12.1 Å². The van der Waals surface area contributed by atoms with Crippen molar-refractivity contribution >= 4 is 22.1 Å². The average molecular weight is 264 g/mol. The summed E-state index contributed by atoms with van der Waals surface area (Å²) in [4.78, 5) is 36.2. The van der Waals surface area contributed by atoms with Gasteiger partial charge in [-0.1, -0.05) is 0 Å². The highest BCUT2D eigenvalue weighted by Gasteiger charge is 2.14. The maximum absolute atomic E-state index is 11.7. The third-order valence-corrected chi connectivity index (χ3v) is 2.77. The van der Waals surface area contributed by atoms with Crippen LogP contribution < -0.4 is 11.1 Å². The van der Waals surface area contributed by atoms with Crippen LogP contribution in [0.4, 0.5) is 0 Å². The summed E-state index contributed by atoms with van der Waals surface area (Å²) in [5.41, 5.74) is -1.01. The van der Waals surface area contributed by atoms with E-state index < -0.39 is 11.1 Å². The first-order valence-electron chi connectivity index (χ1n) is 5.40. The number of hydrogen-bond donors (Lipinski definition) is 2. The van der Waals surface area contributed by atoms with Crippen LogP contribution in [0.1, 0.15) is 11.1 Å². The van der Waals surface area contributed by atoms with E-state index in [0.29, 0.717) is 0 Å². The van der Waals surface area contributed by atoms with E-state index in [1.165, 1.54) is 12.4 Å².